The van der Waals surface area contributed by atoms with Crippen molar-refractivity contribution in [1.82, 2.24) is 19.4 Å². The highest BCUT2D eigenvalue weighted by atomic mass is 32.2. The minimum atomic E-state index is -0.160. The van der Waals surface area contributed by atoms with Gasteiger partial charge in [-0.2, -0.15) is 10.1 Å². The molecule has 4 rings (SSSR count). The van der Waals surface area contributed by atoms with Crippen LogP contribution in [-0.4, -0.2) is 46.0 Å². The number of aryl methyl sites for hydroxylation is 1. The van der Waals surface area contributed by atoms with Gasteiger partial charge in [0.15, 0.2) is 12.0 Å². The summed E-state index contributed by atoms with van der Waals surface area (Å²) in [5.74, 6) is 2.39. The van der Waals surface area contributed by atoms with Gasteiger partial charge in [0.05, 0.1) is 12.4 Å². The monoisotopic (exact) mass is 425 g/mol. The molecule has 2 aromatic rings. The summed E-state index contributed by atoms with van der Waals surface area (Å²) in [6.45, 7) is 5.05. The second kappa shape index (κ2) is 9.16. The predicted octanol–water partition coefficient (Wildman–Crippen LogP) is 2.95. The number of anilines is 2. The van der Waals surface area contributed by atoms with Gasteiger partial charge in [-0.15, -0.1) is 0 Å². The van der Waals surface area contributed by atoms with E-state index >= 15 is 0 Å². The number of hydrogen-bond donors (Lipinski definition) is 3. The lowest BCUT2D eigenvalue weighted by atomic mass is 10.3. The molecule has 0 aliphatic carbocycles. The van der Waals surface area contributed by atoms with Gasteiger partial charge in [0, 0.05) is 29.0 Å². The molecule has 0 fully saturated rings. The Morgan fingerprint density at radius 3 is 2.93 bits per heavy atom. The molecular formula is C20H23N7O2S+. The van der Waals surface area contributed by atoms with E-state index in [-0.39, 0.29) is 12.5 Å². The first-order valence-electron chi connectivity index (χ1n) is 9.56. The number of H-pyrrole nitrogens is 1. The third kappa shape index (κ3) is 4.90. The fourth-order valence-corrected chi connectivity index (χ4v) is 3.81. The number of amides is 1. The third-order valence-electron chi connectivity index (χ3n) is 4.30. The van der Waals surface area contributed by atoms with Crippen molar-refractivity contribution in [1.29, 1.82) is 0 Å². The van der Waals surface area contributed by atoms with Crippen LogP contribution >= 0.6 is 11.9 Å². The molecule has 1 aromatic heterocycles. The van der Waals surface area contributed by atoms with Crippen LogP contribution < -0.4 is 15.5 Å². The van der Waals surface area contributed by atoms with Crippen molar-refractivity contribution in [3.8, 4) is 0 Å². The normalized spacial score (nSPS) is 15.6. The maximum atomic E-state index is 11.8. The molecule has 0 saturated carbocycles. The largest absolute Gasteiger partial charge is 0.372 e. The molecule has 30 heavy (non-hydrogen) atoms. The third-order valence-corrected chi connectivity index (χ3v) is 5.25. The van der Waals surface area contributed by atoms with Crippen LogP contribution in [0.2, 0.25) is 0 Å². The van der Waals surface area contributed by atoms with Crippen molar-refractivity contribution in [2.24, 2.45) is 4.99 Å². The van der Waals surface area contributed by atoms with Crippen LogP contribution in [0.15, 0.2) is 64.6 Å². The molecule has 0 atom stereocenters. The van der Waals surface area contributed by atoms with E-state index in [1.165, 1.54) is 0 Å². The zero-order valence-electron chi connectivity index (χ0n) is 16.8. The number of nitrogens with one attached hydrogen (secondary N) is 3. The van der Waals surface area contributed by atoms with E-state index < -0.39 is 0 Å². The first kappa shape index (κ1) is 20.2. The summed E-state index contributed by atoms with van der Waals surface area (Å²) in [5.41, 5.74) is 1.73. The van der Waals surface area contributed by atoms with E-state index in [4.69, 9.17) is 4.74 Å². The number of aromatic nitrogens is 2. The van der Waals surface area contributed by atoms with E-state index in [1.807, 2.05) is 61.5 Å². The molecule has 10 heteroatoms. The van der Waals surface area contributed by atoms with Gasteiger partial charge in [0.2, 0.25) is 5.91 Å². The van der Waals surface area contributed by atoms with Crippen LogP contribution in [0.3, 0.4) is 0 Å². The van der Waals surface area contributed by atoms with Crippen LogP contribution in [0.5, 0.6) is 0 Å². The van der Waals surface area contributed by atoms with Crippen molar-refractivity contribution in [3.63, 3.8) is 0 Å². The Kier molecular flexibility index (Phi) is 6.17. The topological polar surface area (TPSA) is 101 Å². The molecule has 1 radical (unpaired) electrons. The number of amidine groups is 1. The quantitative estimate of drug-likeness (QED) is 0.444. The second-order valence-corrected chi connectivity index (χ2v) is 7.79. The summed E-state index contributed by atoms with van der Waals surface area (Å²) in [7, 11) is 0. The van der Waals surface area contributed by atoms with Crippen molar-refractivity contribution in [2.45, 2.75) is 18.7 Å². The summed E-state index contributed by atoms with van der Waals surface area (Å²) < 4.78 is 7.22. The highest BCUT2D eigenvalue weighted by Gasteiger charge is 2.37. The number of aliphatic imine (C=N–C) groups is 1. The number of carbonyl (C=O) groups is 1. The molecule has 9 nitrogen and oxygen atoms in total. The summed E-state index contributed by atoms with van der Waals surface area (Å²) in [6, 6.07) is 9.65. The smallest absolute Gasteiger partial charge is 0.285 e. The van der Waals surface area contributed by atoms with Gasteiger partial charge in [-0.1, -0.05) is 0 Å². The van der Waals surface area contributed by atoms with Gasteiger partial charge in [0.25, 0.3) is 11.7 Å². The minimum absolute atomic E-state index is 0.0591. The molecule has 155 valence electrons. The summed E-state index contributed by atoms with van der Waals surface area (Å²) in [5, 5.41) is 13.3. The number of aromatic amines is 1. The molecule has 2 aliphatic heterocycles. The predicted molar refractivity (Wildman–Crippen MR) is 118 cm³/mol. The Balaban J connectivity index is 1.42. The van der Waals surface area contributed by atoms with Gasteiger partial charge in [-0.3, -0.25) is 19.5 Å². The lowest BCUT2D eigenvalue weighted by Gasteiger charge is -2.24. The zero-order valence-corrected chi connectivity index (χ0v) is 17.6. The van der Waals surface area contributed by atoms with Crippen LogP contribution in [0, 0.1) is 6.92 Å². The molecule has 1 amide bonds. The molecule has 0 spiro atoms. The summed E-state index contributed by atoms with van der Waals surface area (Å²) in [6.07, 6.45) is 5.74. The lowest BCUT2D eigenvalue weighted by molar-refractivity contribution is -0.120. The molecule has 0 unspecified atom stereocenters. The van der Waals surface area contributed by atoms with E-state index in [0.29, 0.717) is 13.2 Å². The highest BCUT2D eigenvalue weighted by Crippen LogP contribution is 2.29. The Morgan fingerprint density at radius 2 is 2.20 bits per heavy atom. The maximum Gasteiger partial charge on any atom is 0.285 e. The Morgan fingerprint density at radius 1 is 1.37 bits per heavy atom. The minimum Gasteiger partial charge on any atom is -0.372 e. The van der Waals surface area contributed by atoms with Crippen LogP contribution in [0.4, 0.5) is 11.5 Å². The highest BCUT2D eigenvalue weighted by molar-refractivity contribution is 7.97. The van der Waals surface area contributed by atoms with Crippen LogP contribution in [-0.2, 0) is 9.53 Å². The molecule has 0 bridgehead atoms. The lowest BCUT2D eigenvalue weighted by Crippen LogP contribution is -2.42. The van der Waals surface area contributed by atoms with Crippen molar-refractivity contribution >= 4 is 35.2 Å². The van der Waals surface area contributed by atoms with E-state index in [0.717, 1.165) is 33.8 Å². The maximum absolute atomic E-state index is 11.8. The number of hydrogen-bond acceptors (Lipinski definition) is 8. The van der Waals surface area contributed by atoms with Gasteiger partial charge >= 0.3 is 0 Å². The van der Waals surface area contributed by atoms with E-state index in [1.54, 1.807) is 18.1 Å². The molecule has 3 heterocycles. The SMILES string of the molecule is CCOCC(=O)Nc1ccc(SN2C=C(Nc3cc(C)[nH]n3)[N+]3C=CN=C3C2)cc1. The standard InChI is InChI=1S/C20H23N7O2S/c1-3-29-13-20(28)22-15-4-6-16(7-5-15)30-26-11-18-21-8-9-27(18)19(12-26)23-17-10-14(2)24-25-17/h4-10,12H,3,11,13H2,1-2H3,(H,22,28)(H2,23,24,25)/q+1. The molecule has 1 aromatic carbocycles. The number of rotatable bonds is 8. The van der Waals surface area contributed by atoms with Gasteiger partial charge in [0.1, 0.15) is 13.2 Å². The molecule has 3 N–H and O–H groups in total. The van der Waals surface area contributed by atoms with Crippen molar-refractivity contribution in [2.75, 3.05) is 30.4 Å². The summed E-state index contributed by atoms with van der Waals surface area (Å²) >= 11 is 1.59. The molecule has 2 aliphatic rings. The number of fused-ring (bicyclic) bond motifs is 1. The van der Waals surface area contributed by atoms with Crippen molar-refractivity contribution < 1.29 is 9.53 Å². The Bertz CT molecular complexity index is 997. The van der Waals surface area contributed by atoms with Crippen LogP contribution in [0.1, 0.15) is 12.6 Å². The average Bonchev–Trinajstić information content (AvgIpc) is 3.37. The molecular weight excluding hydrogens is 402 g/mol. The van der Waals surface area contributed by atoms with Gasteiger partial charge < -0.3 is 10.1 Å². The Hall–Kier alpha value is -3.08. The first-order valence-corrected chi connectivity index (χ1v) is 10.3. The Labute approximate surface area is 179 Å². The summed E-state index contributed by atoms with van der Waals surface area (Å²) in [4.78, 5) is 19.3. The van der Waals surface area contributed by atoms with Gasteiger partial charge in [-0.05, 0) is 55.0 Å². The first-order chi connectivity index (χ1) is 14.6. The second-order valence-electron chi connectivity index (χ2n) is 6.67. The van der Waals surface area contributed by atoms with E-state index in [9.17, 15) is 4.79 Å². The number of benzene rings is 1. The average molecular weight is 426 g/mol. The molecule has 0 saturated heterocycles. The fourth-order valence-electron chi connectivity index (χ4n) is 2.95. The van der Waals surface area contributed by atoms with Crippen LogP contribution in [0.25, 0.3) is 0 Å². The van der Waals surface area contributed by atoms with E-state index in [2.05, 4.69) is 30.1 Å². The number of nitrogens with zero attached hydrogens (tertiary/aromatic N) is 4. The van der Waals surface area contributed by atoms with Crippen molar-refractivity contribution in [3.05, 3.63) is 60.4 Å². The fraction of sp³-hybridized carbons (Fsp3) is 0.250. The van der Waals surface area contributed by atoms with Gasteiger partial charge in [-0.25, -0.2) is 0 Å². The zero-order chi connectivity index (χ0) is 20.9. The number of ether oxygens (including phenoxy) is 1. The number of carbonyl (C=O) groups excluding carboxylic acids is 1.